The molecule has 1 aliphatic heterocycles. The summed E-state index contributed by atoms with van der Waals surface area (Å²) in [7, 11) is 0. The first kappa shape index (κ1) is 17.0. The number of aromatic nitrogens is 1. The molecule has 1 fully saturated rings. The van der Waals surface area contributed by atoms with E-state index in [0.29, 0.717) is 12.3 Å². The first-order valence-corrected chi connectivity index (χ1v) is 8.31. The Morgan fingerprint density at radius 2 is 2.04 bits per heavy atom. The van der Waals surface area contributed by atoms with Gasteiger partial charge in [0.25, 0.3) is 0 Å². The summed E-state index contributed by atoms with van der Waals surface area (Å²) in [5.74, 6) is 1.08. The molecule has 0 saturated carbocycles. The third-order valence-electron chi connectivity index (χ3n) is 4.37. The van der Waals surface area contributed by atoms with Crippen LogP contribution < -0.4 is 15.5 Å². The van der Waals surface area contributed by atoms with Crippen molar-refractivity contribution in [2.75, 3.05) is 4.90 Å². The Hall–Kier alpha value is -2.83. The molecule has 2 heterocycles. The van der Waals surface area contributed by atoms with Gasteiger partial charge in [-0.05, 0) is 39.3 Å². The Bertz CT molecular complexity index is 752. The minimum atomic E-state index is -0.539. The lowest BCUT2D eigenvalue weighted by molar-refractivity contribution is -0.118. The van der Waals surface area contributed by atoms with Gasteiger partial charge in [0.1, 0.15) is 11.8 Å². The fourth-order valence-electron chi connectivity index (χ4n) is 3.00. The van der Waals surface area contributed by atoms with Gasteiger partial charge in [0.15, 0.2) is 0 Å². The first-order chi connectivity index (χ1) is 12.0. The summed E-state index contributed by atoms with van der Waals surface area (Å²) < 4.78 is 5.42. The van der Waals surface area contributed by atoms with Crippen LogP contribution >= 0.6 is 0 Å². The average molecular weight is 342 g/mol. The zero-order valence-corrected chi connectivity index (χ0v) is 14.6. The number of nitrogens with one attached hydrogen (secondary N) is 2. The van der Waals surface area contributed by atoms with E-state index in [1.54, 1.807) is 4.90 Å². The van der Waals surface area contributed by atoms with E-state index in [0.717, 1.165) is 17.1 Å². The maximum Gasteiger partial charge on any atom is 0.315 e. The van der Waals surface area contributed by atoms with Gasteiger partial charge in [-0.1, -0.05) is 18.2 Å². The zero-order valence-electron chi connectivity index (χ0n) is 14.6. The third kappa shape index (κ3) is 3.65. The second-order valence-electron chi connectivity index (χ2n) is 6.26. The van der Waals surface area contributed by atoms with E-state index in [1.807, 2.05) is 51.1 Å². The highest BCUT2D eigenvalue weighted by Crippen LogP contribution is 2.26. The number of anilines is 1. The fourth-order valence-corrected chi connectivity index (χ4v) is 3.00. The Morgan fingerprint density at radius 1 is 1.32 bits per heavy atom. The summed E-state index contributed by atoms with van der Waals surface area (Å²) in [5.41, 5.74) is 1.64. The smallest absolute Gasteiger partial charge is 0.315 e. The second kappa shape index (κ2) is 6.96. The number of carbonyl (C=O) groups is 2. The second-order valence-corrected chi connectivity index (χ2v) is 6.26. The molecule has 0 bridgehead atoms. The number of nitrogens with zero attached hydrogens (tertiary/aromatic N) is 2. The number of hydrogen-bond donors (Lipinski definition) is 2. The van der Waals surface area contributed by atoms with Gasteiger partial charge < -0.3 is 20.0 Å². The van der Waals surface area contributed by atoms with Crippen LogP contribution in [0.1, 0.15) is 30.7 Å². The van der Waals surface area contributed by atoms with Crippen molar-refractivity contribution in [2.45, 2.75) is 45.8 Å². The minimum Gasteiger partial charge on any atom is -0.444 e. The Kier molecular flexibility index (Phi) is 4.74. The van der Waals surface area contributed by atoms with Crippen LogP contribution in [0.15, 0.2) is 34.7 Å². The van der Waals surface area contributed by atoms with Gasteiger partial charge in [-0.3, -0.25) is 4.79 Å². The van der Waals surface area contributed by atoms with Crippen LogP contribution in [0.2, 0.25) is 0 Å². The van der Waals surface area contributed by atoms with Crippen molar-refractivity contribution in [3.63, 3.8) is 0 Å². The van der Waals surface area contributed by atoms with E-state index >= 15 is 0 Å². The third-order valence-corrected chi connectivity index (χ3v) is 4.37. The monoisotopic (exact) mass is 342 g/mol. The molecule has 1 aliphatic rings. The molecule has 1 aromatic carbocycles. The van der Waals surface area contributed by atoms with Gasteiger partial charge >= 0.3 is 6.03 Å². The van der Waals surface area contributed by atoms with Crippen LogP contribution in [0, 0.1) is 13.8 Å². The predicted molar refractivity (Wildman–Crippen MR) is 93.1 cm³/mol. The molecule has 0 spiro atoms. The van der Waals surface area contributed by atoms with Crippen LogP contribution in [-0.4, -0.2) is 29.0 Å². The molecular formula is C18H22N4O3. The summed E-state index contributed by atoms with van der Waals surface area (Å²) in [5, 5.41) is 5.42. The lowest BCUT2D eigenvalue weighted by atomic mass is 10.2. The SMILES string of the molecule is Cc1nc(CNC(=O)N[C@@H]2C[C@@H](C)N(c3ccccc3)C2=O)oc1C. The number of amides is 3. The van der Waals surface area contributed by atoms with Crippen LogP contribution in [0.25, 0.3) is 0 Å². The van der Waals surface area contributed by atoms with E-state index in [9.17, 15) is 9.59 Å². The number of urea groups is 1. The summed E-state index contributed by atoms with van der Waals surface area (Å²) >= 11 is 0. The van der Waals surface area contributed by atoms with Crippen molar-refractivity contribution in [3.8, 4) is 0 Å². The number of rotatable bonds is 4. The van der Waals surface area contributed by atoms with Crippen LogP contribution in [0.5, 0.6) is 0 Å². The molecule has 1 aromatic heterocycles. The van der Waals surface area contributed by atoms with Crippen molar-refractivity contribution in [1.82, 2.24) is 15.6 Å². The number of aryl methyl sites for hydroxylation is 2. The summed E-state index contributed by atoms with van der Waals surface area (Å²) in [6.07, 6.45) is 0.568. The molecule has 7 nitrogen and oxygen atoms in total. The highest BCUT2D eigenvalue weighted by atomic mass is 16.4. The van der Waals surface area contributed by atoms with E-state index in [1.165, 1.54) is 0 Å². The molecule has 25 heavy (non-hydrogen) atoms. The summed E-state index contributed by atoms with van der Waals surface area (Å²) in [6.45, 7) is 5.82. The number of hydrogen-bond acceptors (Lipinski definition) is 4. The lowest BCUT2D eigenvalue weighted by Crippen LogP contribution is -2.46. The van der Waals surface area contributed by atoms with Crippen LogP contribution in [-0.2, 0) is 11.3 Å². The molecule has 132 valence electrons. The van der Waals surface area contributed by atoms with E-state index < -0.39 is 12.1 Å². The van der Waals surface area contributed by atoms with Crippen molar-refractivity contribution in [2.24, 2.45) is 0 Å². The molecule has 2 N–H and O–H groups in total. The fraction of sp³-hybridized carbons (Fsp3) is 0.389. The van der Waals surface area contributed by atoms with Gasteiger partial charge in [0.2, 0.25) is 11.8 Å². The van der Waals surface area contributed by atoms with E-state index in [-0.39, 0.29) is 18.5 Å². The first-order valence-electron chi connectivity index (χ1n) is 8.31. The maximum atomic E-state index is 12.6. The Labute approximate surface area is 146 Å². The molecule has 2 aromatic rings. The number of para-hydroxylation sites is 1. The topological polar surface area (TPSA) is 87.5 Å². The molecule has 2 atom stereocenters. The van der Waals surface area contributed by atoms with Gasteiger partial charge in [0.05, 0.1) is 12.2 Å². The highest BCUT2D eigenvalue weighted by Gasteiger charge is 2.38. The largest absolute Gasteiger partial charge is 0.444 e. The lowest BCUT2D eigenvalue weighted by Gasteiger charge is -2.21. The van der Waals surface area contributed by atoms with Gasteiger partial charge in [0, 0.05) is 11.7 Å². The minimum absolute atomic E-state index is 0.0252. The van der Waals surface area contributed by atoms with Gasteiger partial charge in [-0.15, -0.1) is 0 Å². The Balaban J connectivity index is 1.57. The average Bonchev–Trinajstić information content (AvgIpc) is 3.05. The van der Waals surface area contributed by atoms with E-state index in [2.05, 4.69) is 15.6 Å². The molecule has 0 unspecified atom stereocenters. The van der Waals surface area contributed by atoms with Gasteiger partial charge in [-0.2, -0.15) is 0 Å². The number of oxazole rings is 1. The number of benzene rings is 1. The van der Waals surface area contributed by atoms with Crippen molar-refractivity contribution in [1.29, 1.82) is 0 Å². The molecule has 0 radical (unpaired) electrons. The zero-order chi connectivity index (χ0) is 18.0. The molecule has 3 amide bonds. The van der Waals surface area contributed by atoms with Crippen LogP contribution in [0.3, 0.4) is 0 Å². The molecule has 7 heteroatoms. The van der Waals surface area contributed by atoms with Crippen LogP contribution in [0.4, 0.5) is 10.5 Å². The van der Waals surface area contributed by atoms with Gasteiger partial charge in [-0.25, -0.2) is 9.78 Å². The summed E-state index contributed by atoms with van der Waals surface area (Å²) in [6, 6.07) is 8.55. The predicted octanol–water partition coefficient (Wildman–Crippen LogP) is 2.28. The van der Waals surface area contributed by atoms with Crippen molar-refractivity contribution in [3.05, 3.63) is 47.7 Å². The Morgan fingerprint density at radius 3 is 2.68 bits per heavy atom. The van der Waals surface area contributed by atoms with Crippen molar-refractivity contribution >= 4 is 17.6 Å². The highest BCUT2D eigenvalue weighted by molar-refractivity contribution is 6.01. The molecular weight excluding hydrogens is 320 g/mol. The molecule has 3 rings (SSSR count). The number of carbonyl (C=O) groups excluding carboxylic acids is 2. The standard InChI is InChI=1S/C18H22N4O3/c1-11-9-15(17(23)22(11)14-7-5-4-6-8-14)21-18(24)19-10-16-20-12(2)13(3)25-16/h4-8,11,15H,9-10H2,1-3H3,(H2,19,21,24)/t11-,15-/m1/s1. The van der Waals surface area contributed by atoms with Crippen molar-refractivity contribution < 1.29 is 14.0 Å². The quantitative estimate of drug-likeness (QED) is 0.892. The summed E-state index contributed by atoms with van der Waals surface area (Å²) in [4.78, 5) is 30.7. The molecule has 0 aliphatic carbocycles. The molecule has 1 saturated heterocycles. The maximum absolute atomic E-state index is 12.6. The normalized spacial score (nSPS) is 20.0. The van der Waals surface area contributed by atoms with E-state index in [4.69, 9.17) is 4.42 Å².